The first-order chi connectivity index (χ1) is 9.04. The van der Waals surface area contributed by atoms with E-state index in [1.807, 2.05) is 0 Å². The molecule has 0 spiro atoms. The van der Waals surface area contributed by atoms with Gasteiger partial charge in [-0.25, -0.2) is 9.78 Å². The van der Waals surface area contributed by atoms with E-state index in [0.717, 1.165) is 6.42 Å². The second kappa shape index (κ2) is 5.40. The fraction of sp³-hybridized carbons (Fsp3) is 0.583. The number of amides is 1. The largest absolute Gasteiger partial charge is 0.477 e. The molecule has 1 aliphatic rings. The van der Waals surface area contributed by atoms with Crippen LogP contribution in [-0.2, 0) is 4.74 Å². The van der Waals surface area contributed by atoms with Crippen LogP contribution in [0.15, 0.2) is 6.33 Å². The van der Waals surface area contributed by atoms with Gasteiger partial charge in [-0.15, -0.1) is 0 Å². The lowest BCUT2D eigenvalue weighted by atomic mass is 9.95. The average molecular weight is 267 g/mol. The van der Waals surface area contributed by atoms with E-state index in [-0.39, 0.29) is 23.4 Å². The highest BCUT2D eigenvalue weighted by Crippen LogP contribution is 2.21. The Morgan fingerprint density at radius 2 is 2.32 bits per heavy atom. The zero-order valence-corrected chi connectivity index (χ0v) is 10.9. The number of hydrogen-bond donors (Lipinski definition) is 2. The first-order valence-corrected chi connectivity index (χ1v) is 6.13. The van der Waals surface area contributed by atoms with Gasteiger partial charge in [-0.2, -0.15) is 0 Å². The summed E-state index contributed by atoms with van der Waals surface area (Å²) < 4.78 is 5.34. The van der Waals surface area contributed by atoms with Crippen molar-refractivity contribution in [2.45, 2.75) is 19.4 Å². The molecule has 0 saturated carbocycles. The number of carbonyl (C=O) groups is 2. The molecule has 1 aliphatic heterocycles. The van der Waals surface area contributed by atoms with Gasteiger partial charge in [-0.05, 0) is 12.3 Å². The molecule has 2 N–H and O–H groups in total. The van der Waals surface area contributed by atoms with Gasteiger partial charge in [-0.3, -0.25) is 4.79 Å². The Labute approximate surface area is 110 Å². The number of imidazole rings is 1. The maximum Gasteiger partial charge on any atom is 0.354 e. The van der Waals surface area contributed by atoms with Crippen molar-refractivity contribution in [3.63, 3.8) is 0 Å². The summed E-state index contributed by atoms with van der Waals surface area (Å²) in [5.41, 5.74) is -0.213. The van der Waals surface area contributed by atoms with Crippen LogP contribution >= 0.6 is 0 Å². The summed E-state index contributed by atoms with van der Waals surface area (Å²) in [4.78, 5) is 31.1. The molecule has 2 unspecified atom stereocenters. The summed E-state index contributed by atoms with van der Waals surface area (Å²) in [6.07, 6.45) is 2.03. The van der Waals surface area contributed by atoms with Gasteiger partial charge in [0.1, 0.15) is 0 Å². The number of aromatic carboxylic acids is 1. The van der Waals surface area contributed by atoms with Crippen molar-refractivity contribution < 1.29 is 19.4 Å². The number of ether oxygens (including phenoxy) is 1. The van der Waals surface area contributed by atoms with Crippen molar-refractivity contribution in [1.29, 1.82) is 0 Å². The fourth-order valence-electron chi connectivity index (χ4n) is 2.29. The van der Waals surface area contributed by atoms with Crippen molar-refractivity contribution in [3.05, 3.63) is 17.7 Å². The second-order valence-corrected chi connectivity index (χ2v) is 4.72. The molecule has 7 heteroatoms. The van der Waals surface area contributed by atoms with Crippen LogP contribution in [-0.4, -0.2) is 58.2 Å². The summed E-state index contributed by atoms with van der Waals surface area (Å²) >= 11 is 0. The summed E-state index contributed by atoms with van der Waals surface area (Å²) in [7, 11) is 1.62. The van der Waals surface area contributed by atoms with Crippen LogP contribution in [0.1, 0.15) is 34.3 Å². The Hall–Kier alpha value is -1.89. The topological polar surface area (TPSA) is 95.5 Å². The van der Waals surface area contributed by atoms with Gasteiger partial charge in [0.25, 0.3) is 5.91 Å². The summed E-state index contributed by atoms with van der Waals surface area (Å²) in [6.45, 7) is 3.13. The molecule has 0 bridgehead atoms. The maximum atomic E-state index is 12.3. The lowest BCUT2D eigenvalue weighted by Gasteiger charge is -2.35. The third-order valence-corrected chi connectivity index (χ3v) is 3.54. The Bertz CT molecular complexity index is 485. The van der Waals surface area contributed by atoms with Crippen LogP contribution in [0, 0.1) is 5.92 Å². The Balaban J connectivity index is 2.16. The minimum atomic E-state index is -1.19. The molecular formula is C12H17N3O4. The van der Waals surface area contributed by atoms with E-state index in [2.05, 4.69) is 16.9 Å². The van der Waals surface area contributed by atoms with E-state index >= 15 is 0 Å². The molecule has 1 saturated heterocycles. The van der Waals surface area contributed by atoms with Gasteiger partial charge in [0.05, 0.1) is 12.4 Å². The van der Waals surface area contributed by atoms with E-state index in [1.54, 1.807) is 12.0 Å². The monoisotopic (exact) mass is 267 g/mol. The van der Waals surface area contributed by atoms with Gasteiger partial charge in [0.15, 0.2) is 11.4 Å². The SMILES string of the molecule is COC1CN(C(=O)c2nc[nH]c2C(=O)O)CCC1C. The van der Waals surface area contributed by atoms with Crippen LogP contribution in [0.2, 0.25) is 0 Å². The minimum absolute atomic E-state index is 0.0232. The lowest BCUT2D eigenvalue weighted by Crippen LogP contribution is -2.47. The van der Waals surface area contributed by atoms with E-state index in [0.29, 0.717) is 19.0 Å². The molecule has 0 radical (unpaired) electrons. The van der Waals surface area contributed by atoms with Gasteiger partial charge in [0, 0.05) is 20.2 Å². The molecule has 2 atom stereocenters. The normalized spacial score (nSPS) is 23.4. The third-order valence-electron chi connectivity index (χ3n) is 3.54. The van der Waals surface area contributed by atoms with Gasteiger partial charge in [-0.1, -0.05) is 6.92 Å². The third kappa shape index (κ3) is 2.60. The number of piperidine rings is 1. The highest BCUT2D eigenvalue weighted by Gasteiger charge is 2.32. The molecule has 1 fully saturated rings. The Morgan fingerprint density at radius 3 is 2.95 bits per heavy atom. The molecule has 19 heavy (non-hydrogen) atoms. The molecule has 2 rings (SSSR count). The van der Waals surface area contributed by atoms with Crippen molar-refractivity contribution in [1.82, 2.24) is 14.9 Å². The number of likely N-dealkylation sites (tertiary alicyclic amines) is 1. The maximum absolute atomic E-state index is 12.3. The van der Waals surface area contributed by atoms with Crippen LogP contribution in [0.5, 0.6) is 0 Å². The first-order valence-electron chi connectivity index (χ1n) is 6.13. The quantitative estimate of drug-likeness (QED) is 0.836. The van der Waals surface area contributed by atoms with E-state index in [9.17, 15) is 9.59 Å². The van der Waals surface area contributed by atoms with Crippen LogP contribution in [0.25, 0.3) is 0 Å². The van der Waals surface area contributed by atoms with Gasteiger partial charge < -0.3 is 19.7 Å². The van der Waals surface area contributed by atoms with Crippen molar-refractivity contribution in [2.75, 3.05) is 20.2 Å². The van der Waals surface area contributed by atoms with Gasteiger partial charge in [0.2, 0.25) is 0 Å². The molecule has 2 heterocycles. The number of carbonyl (C=O) groups excluding carboxylic acids is 1. The van der Waals surface area contributed by atoms with Crippen LogP contribution in [0.4, 0.5) is 0 Å². The number of H-pyrrole nitrogens is 1. The summed E-state index contributed by atoms with van der Waals surface area (Å²) in [5, 5.41) is 8.98. The fourth-order valence-corrected chi connectivity index (χ4v) is 2.29. The average Bonchev–Trinajstić information content (AvgIpc) is 2.87. The number of rotatable bonds is 3. The second-order valence-electron chi connectivity index (χ2n) is 4.72. The molecule has 7 nitrogen and oxygen atoms in total. The molecule has 0 aromatic carbocycles. The zero-order valence-electron chi connectivity index (χ0n) is 10.9. The van der Waals surface area contributed by atoms with Crippen LogP contribution in [0.3, 0.4) is 0 Å². The number of nitrogens with zero attached hydrogens (tertiary/aromatic N) is 2. The molecule has 104 valence electrons. The minimum Gasteiger partial charge on any atom is -0.477 e. The number of methoxy groups -OCH3 is 1. The highest BCUT2D eigenvalue weighted by atomic mass is 16.5. The van der Waals surface area contributed by atoms with Crippen molar-refractivity contribution >= 4 is 11.9 Å². The number of hydrogen-bond acceptors (Lipinski definition) is 4. The van der Waals surface area contributed by atoms with Crippen molar-refractivity contribution in [2.24, 2.45) is 5.92 Å². The number of aromatic nitrogens is 2. The smallest absolute Gasteiger partial charge is 0.354 e. The first kappa shape index (κ1) is 13.5. The molecular weight excluding hydrogens is 250 g/mol. The summed E-state index contributed by atoms with van der Waals surface area (Å²) in [5.74, 6) is -1.17. The number of nitrogens with one attached hydrogen (secondary N) is 1. The number of carboxylic acid groups (broad SMARTS) is 1. The molecule has 1 aromatic heterocycles. The lowest BCUT2D eigenvalue weighted by molar-refractivity contribution is -0.00183. The highest BCUT2D eigenvalue weighted by molar-refractivity contribution is 6.02. The molecule has 1 aromatic rings. The number of aromatic amines is 1. The Morgan fingerprint density at radius 1 is 1.58 bits per heavy atom. The van der Waals surface area contributed by atoms with Crippen molar-refractivity contribution in [3.8, 4) is 0 Å². The van der Waals surface area contributed by atoms with E-state index < -0.39 is 5.97 Å². The predicted octanol–water partition coefficient (Wildman–Crippen LogP) is 0.605. The Kier molecular flexibility index (Phi) is 3.84. The predicted molar refractivity (Wildman–Crippen MR) is 66.0 cm³/mol. The van der Waals surface area contributed by atoms with Gasteiger partial charge >= 0.3 is 5.97 Å². The molecule has 1 amide bonds. The van der Waals surface area contributed by atoms with E-state index in [1.165, 1.54) is 6.33 Å². The summed E-state index contributed by atoms with van der Waals surface area (Å²) in [6, 6.07) is 0. The van der Waals surface area contributed by atoms with E-state index in [4.69, 9.17) is 9.84 Å². The number of carboxylic acids is 1. The molecule has 0 aliphatic carbocycles. The van der Waals surface area contributed by atoms with Crippen LogP contribution < -0.4 is 0 Å². The zero-order chi connectivity index (χ0) is 14.0. The standard InChI is InChI=1S/C12H17N3O4/c1-7-3-4-15(5-8(7)19-2)11(16)9-10(12(17)18)14-6-13-9/h6-8H,3-5H2,1-2H3,(H,13,14)(H,17,18).